The zero-order valence-electron chi connectivity index (χ0n) is 14.1. The van der Waals surface area contributed by atoms with E-state index in [1.54, 1.807) is 28.9 Å². The highest BCUT2D eigenvalue weighted by molar-refractivity contribution is 7.88. The van der Waals surface area contributed by atoms with Crippen LogP contribution in [-0.2, 0) is 21.8 Å². The van der Waals surface area contributed by atoms with Crippen molar-refractivity contribution in [1.29, 1.82) is 0 Å². The summed E-state index contributed by atoms with van der Waals surface area (Å²) in [7, 11) is -1.43. The predicted octanol–water partition coefficient (Wildman–Crippen LogP) is 0.123. The van der Waals surface area contributed by atoms with Gasteiger partial charge in [-0.15, -0.1) is 0 Å². The quantitative estimate of drug-likeness (QED) is 0.830. The zero-order chi connectivity index (χ0) is 17.4. The maximum Gasteiger partial charge on any atom is 0.274 e. The number of nitrogens with one attached hydrogen (secondary N) is 1. The van der Waals surface area contributed by atoms with Crippen LogP contribution in [0, 0.1) is 0 Å². The molecule has 3 heterocycles. The molecule has 1 atom stereocenters. The van der Waals surface area contributed by atoms with Gasteiger partial charge in [0.15, 0.2) is 0 Å². The minimum Gasteiger partial charge on any atom is -0.375 e. The highest BCUT2D eigenvalue weighted by Gasteiger charge is 2.42. The molecule has 1 aromatic rings. The Morgan fingerprint density at radius 2 is 2.12 bits per heavy atom. The summed E-state index contributed by atoms with van der Waals surface area (Å²) in [5.41, 5.74) is 0.122. The van der Waals surface area contributed by atoms with Gasteiger partial charge in [0.2, 0.25) is 10.0 Å². The molecule has 1 unspecified atom stereocenters. The van der Waals surface area contributed by atoms with Gasteiger partial charge in [-0.2, -0.15) is 5.10 Å². The highest BCUT2D eigenvalue weighted by atomic mass is 32.2. The van der Waals surface area contributed by atoms with Crippen LogP contribution in [0.25, 0.3) is 0 Å². The Morgan fingerprint density at radius 1 is 1.42 bits per heavy atom. The van der Waals surface area contributed by atoms with E-state index in [-0.39, 0.29) is 17.6 Å². The predicted molar refractivity (Wildman–Crippen MR) is 88.0 cm³/mol. The molecule has 3 rings (SSSR count). The van der Waals surface area contributed by atoms with Crippen LogP contribution in [0.1, 0.15) is 36.2 Å². The van der Waals surface area contributed by atoms with Crippen LogP contribution in [0.2, 0.25) is 0 Å². The van der Waals surface area contributed by atoms with Gasteiger partial charge in [0.1, 0.15) is 5.69 Å². The number of aryl methyl sites for hydroxylation is 1. The van der Waals surface area contributed by atoms with Crippen LogP contribution in [0.15, 0.2) is 12.3 Å². The number of carbonyl (C=O) groups excluding carboxylic acids is 1. The maximum atomic E-state index is 12.5. The fourth-order valence-corrected chi connectivity index (χ4v) is 4.39. The van der Waals surface area contributed by atoms with Gasteiger partial charge in [-0.25, -0.2) is 13.1 Å². The molecule has 0 bridgehead atoms. The second-order valence-corrected chi connectivity index (χ2v) is 8.56. The van der Waals surface area contributed by atoms with E-state index in [0.717, 1.165) is 0 Å². The van der Waals surface area contributed by atoms with Crippen LogP contribution in [-0.4, -0.2) is 66.6 Å². The summed E-state index contributed by atoms with van der Waals surface area (Å²) in [4.78, 5) is 14.3. The fourth-order valence-electron chi connectivity index (χ4n) is 3.59. The molecule has 8 nitrogen and oxygen atoms in total. The van der Waals surface area contributed by atoms with Crippen molar-refractivity contribution in [1.82, 2.24) is 19.4 Å². The lowest BCUT2D eigenvalue weighted by atomic mass is 9.82. The second kappa shape index (κ2) is 6.45. The maximum absolute atomic E-state index is 12.5. The van der Waals surface area contributed by atoms with E-state index < -0.39 is 10.0 Å². The lowest BCUT2D eigenvalue weighted by Crippen LogP contribution is -2.54. The second-order valence-electron chi connectivity index (χ2n) is 6.78. The van der Waals surface area contributed by atoms with Crippen molar-refractivity contribution in [3.63, 3.8) is 0 Å². The monoisotopic (exact) mass is 356 g/mol. The molecule has 2 fully saturated rings. The first-order valence-electron chi connectivity index (χ1n) is 8.17. The average Bonchev–Trinajstić information content (AvgIpc) is 2.92. The third-order valence-electron chi connectivity index (χ3n) is 4.77. The topological polar surface area (TPSA) is 93.5 Å². The molecule has 2 aliphatic heterocycles. The Labute approximate surface area is 142 Å². The average molecular weight is 356 g/mol. The van der Waals surface area contributed by atoms with Gasteiger partial charge in [0, 0.05) is 39.0 Å². The lowest BCUT2D eigenvalue weighted by Gasteiger charge is -2.46. The number of nitrogens with zero attached hydrogens (tertiary/aromatic N) is 3. The summed E-state index contributed by atoms with van der Waals surface area (Å²) in [6.45, 7) is 1.74. The van der Waals surface area contributed by atoms with Crippen LogP contribution in [0.3, 0.4) is 0 Å². The summed E-state index contributed by atoms with van der Waals surface area (Å²) < 4.78 is 33.2. The van der Waals surface area contributed by atoms with Crippen LogP contribution >= 0.6 is 0 Å². The SMILES string of the molecule is Cn1ccc(C(=O)N2CCC3(CC2)CC(NS(C)(=O)=O)CCO3)n1. The molecule has 0 aliphatic carbocycles. The van der Waals surface area contributed by atoms with Crippen molar-refractivity contribution < 1.29 is 17.9 Å². The molecule has 1 spiro atoms. The summed E-state index contributed by atoms with van der Waals surface area (Å²) in [6, 6.07) is 1.63. The van der Waals surface area contributed by atoms with Gasteiger partial charge in [0.05, 0.1) is 11.9 Å². The molecule has 1 aromatic heterocycles. The number of hydrogen-bond donors (Lipinski definition) is 1. The number of ether oxygens (including phenoxy) is 1. The zero-order valence-corrected chi connectivity index (χ0v) is 14.9. The normalized spacial score (nSPS) is 24.2. The Balaban J connectivity index is 1.60. The summed E-state index contributed by atoms with van der Waals surface area (Å²) in [5, 5.41) is 4.16. The van der Waals surface area contributed by atoms with Gasteiger partial charge in [-0.1, -0.05) is 0 Å². The van der Waals surface area contributed by atoms with Gasteiger partial charge in [-0.3, -0.25) is 9.48 Å². The number of carbonyl (C=O) groups is 1. The lowest BCUT2D eigenvalue weighted by molar-refractivity contribution is -0.113. The van der Waals surface area contributed by atoms with Gasteiger partial charge in [0.25, 0.3) is 5.91 Å². The van der Waals surface area contributed by atoms with Crippen molar-refractivity contribution in [2.45, 2.75) is 37.3 Å². The van der Waals surface area contributed by atoms with E-state index in [0.29, 0.717) is 51.1 Å². The highest BCUT2D eigenvalue weighted by Crippen LogP contribution is 2.35. The molecule has 134 valence electrons. The van der Waals surface area contributed by atoms with Gasteiger partial charge in [-0.05, 0) is 31.7 Å². The Kier molecular flexibility index (Phi) is 4.67. The standard InChI is InChI=1S/C15H24N4O4S/c1-18-7-3-13(16-18)14(20)19-8-5-15(6-9-19)11-12(4-10-23-15)17-24(2,21)22/h3,7,12,17H,4-6,8-11H2,1-2H3. The first kappa shape index (κ1) is 17.4. The number of rotatable bonds is 3. The molecule has 0 radical (unpaired) electrons. The minimum absolute atomic E-state index is 0.0629. The molecule has 0 aromatic carbocycles. The van der Waals surface area contributed by atoms with Crippen molar-refractivity contribution in [2.24, 2.45) is 7.05 Å². The molecular formula is C15H24N4O4S. The van der Waals surface area contributed by atoms with Crippen molar-refractivity contribution in [3.05, 3.63) is 18.0 Å². The molecule has 2 saturated heterocycles. The summed E-state index contributed by atoms with van der Waals surface area (Å²) in [5.74, 6) is -0.0629. The van der Waals surface area contributed by atoms with E-state index in [1.165, 1.54) is 6.26 Å². The first-order chi connectivity index (χ1) is 11.3. The summed E-state index contributed by atoms with van der Waals surface area (Å²) in [6.07, 6.45) is 5.71. The Hall–Kier alpha value is -1.45. The largest absolute Gasteiger partial charge is 0.375 e. The summed E-state index contributed by atoms with van der Waals surface area (Å²) >= 11 is 0. The van der Waals surface area contributed by atoms with Gasteiger partial charge < -0.3 is 9.64 Å². The number of sulfonamides is 1. The third kappa shape index (κ3) is 3.96. The van der Waals surface area contributed by atoms with Crippen LogP contribution in [0.5, 0.6) is 0 Å². The van der Waals surface area contributed by atoms with E-state index in [2.05, 4.69) is 9.82 Å². The number of piperidine rings is 1. The molecule has 9 heteroatoms. The molecule has 2 aliphatic rings. The molecule has 24 heavy (non-hydrogen) atoms. The molecular weight excluding hydrogens is 332 g/mol. The number of amides is 1. The minimum atomic E-state index is -3.22. The van der Waals surface area contributed by atoms with Gasteiger partial charge >= 0.3 is 0 Å². The number of hydrogen-bond acceptors (Lipinski definition) is 5. The first-order valence-corrected chi connectivity index (χ1v) is 10.1. The van der Waals surface area contributed by atoms with Crippen LogP contribution in [0.4, 0.5) is 0 Å². The third-order valence-corrected chi connectivity index (χ3v) is 5.53. The van der Waals surface area contributed by atoms with Crippen molar-refractivity contribution in [3.8, 4) is 0 Å². The fraction of sp³-hybridized carbons (Fsp3) is 0.733. The Bertz CT molecular complexity index is 707. The number of aromatic nitrogens is 2. The van der Waals surface area contributed by atoms with E-state index in [1.807, 2.05) is 0 Å². The Morgan fingerprint density at radius 3 is 2.71 bits per heavy atom. The molecule has 1 amide bonds. The van der Waals surface area contributed by atoms with E-state index in [4.69, 9.17) is 4.74 Å². The number of likely N-dealkylation sites (tertiary alicyclic amines) is 1. The van der Waals surface area contributed by atoms with E-state index >= 15 is 0 Å². The van der Waals surface area contributed by atoms with E-state index in [9.17, 15) is 13.2 Å². The molecule has 0 saturated carbocycles. The smallest absolute Gasteiger partial charge is 0.274 e. The van der Waals surface area contributed by atoms with Crippen molar-refractivity contribution in [2.75, 3.05) is 26.0 Å². The van der Waals surface area contributed by atoms with Crippen LogP contribution < -0.4 is 4.72 Å². The van der Waals surface area contributed by atoms with Crippen molar-refractivity contribution >= 4 is 15.9 Å². The molecule has 1 N–H and O–H groups in total.